The minimum absolute atomic E-state index is 0.192. The second kappa shape index (κ2) is 6.33. The van der Waals surface area contributed by atoms with Gasteiger partial charge < -0.3 is 0 Å². The van der Waals surface area contributed by atoms with E-state index in [0.717, 1.165) is 0 Å². The Morgan fingerprint density at radius 1 is 1.47 bits per heavy atom. The van der Waals surface area contributed by atoms with E-state index in [1.54, 1.807) is 25.1 Å². The molecule has 0 aliphatic carbocycles. The molecule has 1 aromatic heterocycles. The van der Waals surface area contributed by atoms with Gasteiger partial charge in [-0.2, -0.15) is 4.98 Å². The Morgan fingerprint density at radius 3 is 2.95 bits per heavy atom. The van der Waals surface area contributed by atoms with E-state index in [1.807, 2.05) is 0 Å². The Kier molecular flexibility index (Phi) is 4.51. The highest BCUT2D eigenvalue weighted by atomic mass is 32.2. The maximum absolute atomic E-state index is 13.3. The normalized spacial score (nSPS) is 10.4. The van der Waals surface area contributed by atoms with Crippen molar-refractivity contribution in [2.75, 3.05) is 11.1 Å². The van der Waals surface area contributed by atoms with Gasteiger partial charge in [0.25, 0.3) is 0 Å². The minimum Gasteiger partial charge on any atom is -0.293 e. The molecular weight excluding hydrogens is 267 g/mol. The van der Waals surface area contributed by atoms with E-state index in [4.69, 9.17) is 0 Å². The first kappa shape index (κ1) is 13.5. The molecule has 100 valence electrons. The van der Waals surface area contributed by atoms with Crippen LogP contribution in [0.3, 0.4) is 0 Å². The van der Waals surface area contributed by atoms with Crippen LogP contribution in [0.5, 0.6) is 0 Å². The molecule has 0 atom stereocenters. The van der Waals surface area contributed by atoms with Crippen LogP contribution in [-0.2, 0) is 4.79 Å². The number of amides is 1. The van der Waals surface area contributed by atoms with Crippen LogP contribution in [0.15, 0.2) is 29.2 Å². The number of hydrogen-bond acceptors (Lipinski definition) is 4. The standard InChI is InChI=1S/C12H13FN4OS/c1-8-14-12(17-16-8)15-11(18)6-7-19-10-5-3-2-4-9(10)13/h2-5H,6-7H2,1H3,(H2,14,15,16,17,18). The van der Waals surface area contributed by atoms with Crippen molar-refractivity contribution in [1.29, 1.82) is 0 Å². The quantitative estimate of drug-likeness (QED) is 0.825. The van der Waals surface area contributed by atoms with Crippen molar-refractivity contribution < 1.29 is 9.18 Å². The lowest BCUT2D eigenvalue weighted by Crippen LogP contribution is -2.13. The third-order valence-electron chi connectivity index (χ3n) is 2.27. The third kappa shape index (κ3) is 4.06. The molecule has 2 N–H and O–H groups in total. The van der Waals surface area contributed by atoms with E-state index in [0.29, 0.717) is 16.5 Å². The van der Waals surface area contributed by atoms with E-state index >= 15 is 0 Å². The summed E-state index contributed by atoms with van der Waals surface area (Å²) in [5.41, 5.74) is 0. The number of halogens is 1. The molecule has 0 spiro atoms. The number of aryl methyl sites for hydroxylation is 1. The van der Waals surface area contributed by atoms with Gasteiger partial charge in [-0.25, -0.2) is 4.39 Å². The van der Waals surface area contributed by atoms with Gasteiger partial charge in [0, 0.05) is 17.1 Å². The summed E-state index contributed by atoms with van der Waals surface area (Å²) in [6.45, 7) is 1.75. The number of benzene rings is 1. The van der Waals surface area contributed by atoms with E-state index < -0.39 is 0 Å². The summed E-state index contributed by atoms with van der Waals surface area (Å²) in [5, 5.41) is 9.00. The van der Waals surface area contributed by atoms with Crippen LogP contribution in [-0.4, -0.2) is 26.8 Å². The number of aromatic amines is 1. The van der Waals surface area contributed by atoms with Crippen molar-refractivity contribution in [2.45, 2.75) is 18.2 Å². The van der Waals surface area contributed by atoms with Crippen LogP contribution in [0.4, 0.5) is 10.3 Å². The molecule has 0 saturated heterocycles. The molecule has 0 aliphatic rings. The van der Waals surface area contributed by atoms with Crippen LogP contribution in [0.2, 0.25) is 0 Å². The molecule has 7 heteroatoms. The number of anilines is 1. The van der Waals surface area contributed by atoms with Gasteiger partial charge in [0.1, 0.15) is 11.6 Å². The molecule has 2 aromatic rings. The fourth-order valence-electron chi connectivity index (χ4n) is 1.40. The van der Waals surface area contributed by atoms with Gasteiger partial charge in [-0.15, -0.1) is 16.9 Å². The maximum Gasteiger partial charge on any atom is 0.248 e. The maximum atomic E-state index is 13.3. The summed E-state index contributed by atoms with van der Waals surface area (Å²) in [4.78, 5) is 16.1. The summed E-state index contributed by atoms with van der Waals surface area (Å²) in [7, 11) is 0. The van der Waals surface area contributed by atoms with Crippen molar-refractivity contribution in [3.8, 4) is 0 Å². The fraction of sp³-hybridized carbons (Fsp3) is 0.250. The van der Waals surface area contributed by atoms with Gasteiger partial charge in [-0.3, -0.25) is 15.2 Å². The van der Waals surface area contributed by atoms with Crippen LogP contribution in [0, 0.1) is 12.7 Å². The molecule has 5 nitrogen and oxygen atoms in total. The largest absolute Gasteiger partial charge is 0.293 e. The van der Waals surface area contributed by atoms with Gasteiger partial charge in [0.15, 0.2) is 0 Å². The molecule has 0 aliphatic heterocycles. The number of H-pyrrole nitrogens is 1. The lowest BCUT2D eigenvalue weighted by Gasteiger charge is -2.02. The molecule has 0 saturated carbocycles. The summed E-state index contributed by atoms with van der Waals surface area (Å²) in [5.74, 6) is 0.936. The molecule has 1 aromatic carbocycles. The highest BCUT2D eigenvalue weighted by molar-refractivity contribution is 7.99. The molecule has 0 unspecified atom stereocenters. The molecule has 1 heterocycles. The van der Waals surface area contributed by atoms with Gasteiger partial charge in [0.05, 0.1) is 0 Å². The third-order valence-corrected chi connectivity index (χ3v) is 3.32. The Labute approximate surface area is 114 Å². The van der Waals surface area contributed by atoms with E-state index in [9.17, 15) is 9.18 Å². The molecular formula is C12H13FN4OS. The van der Waals surface area contributed by atoms with Crippen LogP contribution in [0.1, 0.15) is 12.2 Å². The topological polar surface area (TPSA) is 70.7 Å². The SMILES string of the molecule is Cc1nc(NC(=O)CCSc2ccccc2F)n[nH]1. The van der Waals surface area contributed by atoms with E-state index in [1.165, 1.54) is 17.8 Å². The molecule has 1 amide bonds. The Balaban J connectivity index is 1.77. The molecule has 0 fully saturated rings. The number of carbonyl (C=O) groups excluding carboxylic acids is 1. The second-order valence-electron chi connectivity index (χ2n) is 3.82. The average molecular weight is 280 g/mol. The second-order valence-corrected chi connectivity index (χ2v) is 4.96. The first-order chi connectivity index (χ1) is 9.15. The average Bonchev–Trinajstić information content (AvgIpc) is 2.77. The summed E-state index contributed by atoms with van der Waals surface area (Å²) in [6, 6.07) is 6.49. The summed E-state index contributed by atoms with van der Waals surface area (Å²) >= 11 is 1.31. The highest BCUT2D eigenvalue weighted by Gasteiger charge is 2.07. The van der Waals surface area contributed by atoms with Crippen molar-refractivity contribution in [2.24, 2.45) is 0 Å². The van der Waals surface area contributed by atoms with Crippen LogP contribution in [0.25, 0.3) is 0 Å². The van der Waals surface area contributed by atoms with Crippen LogP contribution >= 0.6 is 11.8 Å². The molecule has 0 bridgehead atoms. The Morgan fingerprint density at radius 2 is 2.26 bits per heavy atom. The van der Waals surface area contributed by atoms with Crippen molar-refractivity contribution in [3.05, 3.63) is 35.9 Å². The highest BCUT2D eigenvalue weighted by Crippen LogP contribution is 2.21. The number of thioether (sulfide) groups is 1. The smallest absolute Gasteiger partial charge is 0.248 e. The zero-order valence-corrected chi connectivity index (χ0v) is 11.1. The molecule has 2 rings (SSSR count). The van der Waals surface area contributed by atoms with E-state index in [-0.39, 0.29) is 24.1 Å². The predicted molar refractivity (Wildman–Crippen MR) is 71.5 cm³/mol. The first-order valence-electron chi connectivity index (χ1n) is 5.71. The van der Waals surface area contributed by atoms with Gasteiger partial charge in [0.2, 0.25) is 11.9 Å². The van der Waals surface area contributed by atoms with Crippen molar-refractivity contribution >= 4 is 23.6 Å². The van der Waals surface area contributed by atoms with Gasteiger partial charge in [-0.05, 0) is 19.1 Å². The number of carbonyl (C=O) groups is 1. The zero-order valence-electron chi connectivity index (χ0n) is 10.3. The van der Waals surface area contributed by atoms with Gasteiger partial charge in [-0.1, -0.05) is 12.1 Å². The Hall–Kier alpha value is -1.89. The molecule has 19 heavy (non-hydrogen) atoms. The molecule has 0 radical (unpaired) electrons. The number of rotatable bonds is 5. The van der Waals surface area contributed by atoms with Gasteiger partial charge >= 0.3 is 0 Å². The lowest BCUT2D eigenvalue weighted by atomic mass is 10.3. The summed E-state index contributed by atoms with van der Waals surface area (Å²) in [6.07, 6.45) is 0.270. The lowest BCUT2D eigenvalue weighted by molar-refractivity contribution is -0.115. The number of nitrogens with zero attached hydrogens (tertiary/aromatic N) is 2. The number of aromatic nitrogens is 3. The van der Waals surface area contributed by atoms with Crippen LogP contribution < -0.4 is 5.32 Å². The number of hydrogen-bond donors (Lipinski definition) is 2. The minimum atomic E-state index is -0.266. The summed E-state index contributed by atoms with van der Waals surface area (Å²) < 4.78 is 13.3. The van der Waals surface area contributed by atoms with Crippen molar-refractivity contribution in [1.82, 2.24) is 15.2 Å². The first-order valence-corrected chi connectivity index (χ1v) is 6.70. The van der Waals surface area contributed by atoms with Crippen molar-refractivity contribution in [3.63, 3.8) is 0 Å². The predicted octanol–water partition coefficient (Wildman–Crippen LogP) is 2.37. The monoisotopic (exact) mass is 280 g/mol. The Bertz CT molecular complexity index is 572. The fourth-order valence-corrected chi connectivity index (χ4v) is 2.29. The zero-order chi connectivity index (χ0) is 13.7. The van der Waals surface area contributed by atoms with E-state index in [2.05, 4.69) is 20.5 Å². The number of nitrogens with one attached hydrogen (secondary N) is 2.